The number of hydrogen-bond donors (Lipinski definition) is 1. The van der Waals surface area contributed by atoms with E-state index in [1.54, 1.807) is 18.5 Å². The summed E-state index contributed by atoms with van der Waals surface area (Å²) in [6.45, 7) is 0. The molecule has 3 aromatic rings. The maximum atomic E-state index is 11.6. The number of nitrogens with zero attached hydrogens (tertiary/aromatic N) is 2. The Labute approximate surface area is 85.2 Å². The number of fused-ring (bicyclic) bond motifs is 3. The fourth-order valence-electron chi connectivity index (χ4n) is 1.90. The predicted octanol–water partition coefficient (Wildman–Crippen LogP) is 1.41. The van der Waals surface area contributed by atoms with Crippen LogP contribution in [0.5, 0.6) is 0 Å². The SMILES string of the molecule is Cn1ccc(=O)c2cnc3[nH]ccc3c21. The lowest BCUT2D eigenvalue weighted by Gasteiger charge is -2.04. The molecular formula is C11H9N3O. The molecule has 0 aromatic carbocycles. The third kappa shape index (κ3) is 1.01. The molecule has 0 unspecified atom stereocenters. The fraction of sp³-hybridized carbons (Fsp3) is 0.0909. The first-order chi connectivity index (χ1) is 7.27. The van der Waals surface area contributed by atoms with Crippen LogP contribution in [-0.2, 0) is 7.05 Å². The predicted molar refractivity (Wildman–Crippen MR) is 58.8 cm³/mol. The third-order valence-corrected chi connectivity index (χ3v) is 2.63. The first-order valence-electron chi connectivity index (χ1n) is 4.69. The average molecular weight is 199 g/mol. The van der Waals surface area contributed by atoms with Gasteiger partial charge in [0.15, 0.2) is 5.43 Å². The van der Waals surface area contributed by atoms with Crippen molar-refractivity contribution >= 4 is 21.9 Å². The summed E-state index contributed by atoms with van der Waals surface area (Å²) < 4.78 is 1.94. The second-order valence-electron chi connectivity index (χ2n) is 3.55. The first kappa shape index (κ1) is 8.23. The molecule has 0 fully saturated rings. The van der Waals surface area contributed by atoms with Gasteiger partial charge in [0.25, 0.3) is 0 Å². The molecule has 3 aromatic heterocycles. The van der Waals surface area contributed by atoms with Crippen molar-refractivity contribution in [3.05, 3.63) is 40.9 Å². The van der Waals surface area contributed by atoms with Crippen LogP contribution in [0.3, 0.4) is 0 Å². The van der Waals surface area contributed by atoms with Gasteiger partial charge in [0.2, 0.25) is 0 Å². The highest BCUT2D eigenvalue weighted by Gasteiger charge is 2.06. The second-order valence-corrected chi connectivity index (χ2v) is 3.55. The van der Waals surface area contributed by atoms with E-state index in [-0.39, 0.29) is 5.43 Å². The summed E-state index contributed by atoms with van der Waals surface area (Å²) in [6, 6.07) is 3.49. The van der Waals surface area contributed by atoms with Gasteiger partial charge in [-0.05, 0) is 6.07 Å². The van der Waals surface area contributed by atoms with Gasteiger partial charge in [-0.3, -0.25) is 4.79 Å². The van der Waals surface area contributed by atoms with Crippen molar-refractivity contribution in [2.75, 3.05) is 0 Å². The van der Waals surface area contributed by atoms with Crippen LogP contribution in [0.25, 0.3) is 21.9 Å². The third-order valence-electron chi connectivity index (χ3n) is 2.63. The highest BCUT2D eigenvalue weighted by molar-refractivity contribution is 6.01. The van der Waals surface area contributed by atoms with Gasteiger partial charge in [0.05, 0.1) is 10.9 Å². The van der Waals surface area contributed by atoms with Crippen molar-refractivity contribution < 1.29 is 0 Å². The summed E-state index contributed by atoms with van der Waals surface area (Å²) in [7, 11) is 1.92. The molecule has 15 heavy (non-hydrogen) atoms. The van der Waals surface area contributed by atoms with Crippen molar-refractivity contribution in [2.45, 2.75) is 0 Å². The molecule has 0 bridgehead atoms. The van der Waals surface area contributed by atoms with Crippen molar-refractivity contribution in [3.63, 3.8) is 0 Å². The molecule has 0 saturated carbocycles. The summed E-state index contributed by atoms with van der Waals surface area (Å²) in [5.41, 5.74) is 1.75. The van der Waals surface area contributed by atoms with E-state index in [0.717, 1.165) is 16.6 Å². The van der Waals surface area contributed by atoms with Crippen LogP contribution in [-0.4, -0.2) is 14.5 Å². The Kier molecular flexibility index (Phi) is 1.48. The summed E-state index contributed by atoms with van der Waals surface area (Å²) in [5.74, 6) is 0. The number of nitrogens with one attached hydrogen (secondary N) is 1. The number of aromatic amines is 1. The second kappa shape index (κ2) is 2.70. The number of pyridine rings is 2. The molecule has 0 amide bonds. The largest absolute Gasteiger partial charge is 0.350 e. The van der Waals surface area contributed by atoms with Gasteiger partial charge < -0.3 is 9.55 Å². The molecule has 0 aliphatic carbocycles. The maximum Gasteiger partial charge on any atom is 0.190 e. The number of aromatic nitrogens is 3. The highest BCUT2D eigenvalue weighted by atomic mass is 16.1. The van der Waals surface area contributed by atoms with Gasteiger partial charge in [-0.15, -0.1) is 0 Å². The zero-order valence-electron chi connectivity index (χ0n) is 8.19. The average Bonchev–Trinajstić information content (AvgIpc) is 2.70. The number of H-pyrrole nitrogens is 1. The van der Waals surface area contributed by atoms with Gasteiger partial charge in [-0.2, -0.15) is 0 Å². The Morgan fingerprint density at radius 1 is 1.33 bits per heavy atom. The molecule has 74 valence electrons. The Balaban J connectivity index is 2.73. The van der Waals surface area contributed by atoms with E-state index in [2.05, 4.69) is 9.97 Å². The van der Waals surface area contributed by atoms with E-state index < -0.39 is 0 Å². The van der Waals surface area contributed by atoms with E-state index in [4.69, 9.17) is 0 Å². The van der Waals surface area contributed by atoms with Crippen molar-refractivity contribution in [1.82, 2.24) is 14.5 Å². The van der Waals surface area contributed by atoms with Crippen molar-refractivity contribution in [1.29, 1.82) is 0 Å². The lowest BCUT2D eigenvalue weighted by Crippen LogP contribution is -2.05. The normalized spacial score (nSPS) is 11.3. The minimum atomic E-state index is 0.0127. The molecular weight excluding hydrogens is 190 g/mol. The monoisotopic (exact) mass is 199 g/mol. The number of aryl methyl sites for hydroxylation is 1. The molecule has 4 nitrogen and oxygen atoms in total. The zero-order chi connectivity index (χ0) is 10.4. The molecule has 3 heterocycles. The van der Waals surface area contributed by atoms with E-state index >= 15 is 0 Å². The number of hydrogen-bond acceptors (Lipinski definition) is 2. The molecule has 3 rings (SSSR count). The minimum Gasteiger partial charge on any atom is -0.350 e. The van der Waals surface area contributed by atoms with Gasteiger partial charge in [0.1, 0.15) is 5.65 Å². The maximum absolute atomic E-state index is 11.6. The number of rotatable bonds is 0. The Morgan fingerprint density at radius 3 is 3.07 bits per heavy atom. The van der Waals surface area contributed by atoms with Gasteiger partial charge >= 0.3 is 0 Å². The Hall–Kier alpha value is -2.10. The van der Waals surface area contributed by atoms with Crippen molar-refractivity contribution in [2.24, 2.45) is 7.05 Å². The molecule has 4 heteroatoms. The Morgan fingerprint density at radius 2 is 2.20 bits per heavy atom. The first-order valence-corrected chi connectivity index (χ1v) is 4.69. The molecule has 0 spiro atoms. The topological polar surface area (TPSA) is 50.7 Å². The lowest BCUT2D eigenvalue weighted by atomic mass is 10.2. The molecule has 0 atom stereocenters. The van der Waals surface area contributed by atoms with Crippen LogP contribution in [0.4, 0.5) is 0 Å². The standard InChI is InChI=1S/C11H9N3O/c1-14-5-3-9(15)8-6-13-11-7(10(8)14)2-4-12-11/h2-6H,1H3,(H,12,13). The van der Waals surface area contributed by atoms with Crippen LogP contribution in [0, 0.1) is 0 Å². The van der Waals surface area contributed by atoms with Gasteiger partial charge in [-0.1, -0.05) is 0 Å². The fourth-order valence-corrected chi connectivity index (χ4v) is 1.90. The van der Waals surface area contributed by atoms with E-state index in [1.165, 1.54) is 0 Å². The molecule has 0 aliphatic heterocycles. The van der Waals surface area contributed by atoms with E-state index in [1.807, 2.05) is 23.9 Å². The smallest absolute Gasteiger partial charge is 0.190 e. The van der Waals surface area contributed by atoms with Gasteiger partial charge in [0, 0.05) is 37.1 Å². The van der Waals surface area contributed by atoms with Crippen LogP contribution < -0.4 is 5.43 Å². The minimum absolute atomic E-state index is 0.0127. The molecule has 1 N–H and O–H groups in total. The quantitative estimate of drug-likeness (QED) is 0.595. The van der Waals surface area contributed by atoms with Crippen LogP contribution in [0.2, 0.25) is 0 Å². The molecule has 0 saturated heterocycles. The summed E-state index contributed by atoms with van der Waals surface area (Å²) in [6.07, 6.45) is 5.22. The van der Waals surface area contributed by atoms with Gasteiger partial charge in [-0.25, -0.2) is 4.98 Å². The summed E-state index contributed by atoms with van der Waals surface area (Å²) in [4.78, 5) is 18.9. The zero-order valence-corrected chi connectivity index (χ0v) is 8.19. The summed E-state index contributed by atoms with van der Waals surface area (Å²) in [5, 5.41) is 1.64. The van der Waals surface area contributed by atoms with Crippen LogP contribution >= 0.6 is 0 Å². The highest BCUT2D eigenvalue weighted by Crippen LogP contribution is 2.19. The van der Waals surface area contributed by atoms with Crippen molar-refractivity contribution in [3.8, 4) is 0 Å². The van der Waals surface area contributed by atoms with Crippen LogP contribution in [0.1, 0.15) is 0 Å². The lowest BCUT2D eigenvalue weighted by molar-refractivity contribution is 0.954. The van der Waals surface area contributed by atoms with E-state index in [0.29, 0.717) is 5.39 Å². The summed E-state index contributed by atoms with van der Waals surface area (Å²) >= 11 is 0. The van der Waals surface area contributed by atoms with E-state index in [9.17, 15) is 4.79 Å². The Bertz CT molecular complexity index is 708. The van der Waals surface area contributed by atoms with Crippen LogP contribution in [0.15, 0.2) is 35.5 Å². The molecule has 0 radical (unpaired) electrons. The molecule has 0 aliphatic rings.